The zero-order valence-electron chi connectivity index (χ0n) is 19.2. The first kappa shape index (κ1) is 25.3. The monoisotopic (exact) mass is 462 g/mol. The summed E-state index contributed by atoms with van der Waals surface area (Å²) < 4.78 is 16.2. The maximum Gasteiger partial charge on any atom is 0.261 e. The number of ether oxygens (including phenoxy) is 3. The second-order valence-corrected chi connectivity index (χ2v) is 8.24. The predicted molar refractivity (Wildman–Crippen MR) is 124 cm³/mol. The third-order valence-corrected chi connectivity index (χ3v) is 5.06. The van der Waals surface area contributed by atoms with Crippen LogP contribution >= 0.6 is 11.6 Å². The standard InChI is InChI=1S/C24H31ClN2O5/c1-16(2)13-26-24(29)17(3)27(14-18-6-8-19(25)9-7-18)23(28)15-32-22-11-20(30-4)10-21(12-22)31-5/h6-12,16-17H,13-15H2,1-5H3,(H,26,29)/t17-/m1/s1. The lowest BCUT2D eigenvalue weighted by atomic mass is 10.1. The fourth-order valence-corrected chi connectivity index (χ4v) is 3.04. The lowest BCUT2D eigenvalue weighted by molar-refractivity contribution is -0.142. The molecule has 1 N–H and O–H groups in total. The number of nitrogens with one attached hydrogen (secondary N) is 1. The lowest BCUT2D eigenvalue weighted by Crippen LogP contribution is -2.49. The summed E-state index contributed by atoms with van der Waals surface area (Å²) in [6.07, 6.45) is 0. The second kappa shape index (κ2) is 12.2. The Labute approximate surface area is 194 Å². The molecule has 8 heteroatoms. The van der Waals surface area contributed by atoms with Crippen molar-refractivity contribution in [2.24, 2.45) is 5.92 Å². The van der Waals surface area contributed by atoms with Crippen molar-refractivity contribution in [3.63, 3.8) is 0 Å². The Kier molecular flexibility index (Phi) is 9.65. The molecule has 0 spiro atoms. The Hall–Kier alpha value is -2.93. The van der Waals surface area contributed by atoms with Crippen LogP contribution in [0.5, 0.6) is 17.2 Å². The maximum atomic E-state index is 13.1. The first-order chi connectivity index (χ1) is 15.2. The highest BCUT2D eigenvalue weighted by Gasteiger charge is 2.26. The van der Waals surface area contributed by atoms with Crippen LogP contribution in [0.25, 0.3) is 0 Å². The first-order valence-electron chi connectivity index (χ1n) is 10.4. The molecule has 0 heterocycles. The van der Waals surface area contributed by atoms with E-state index in [4.69, 9.17) is 25.8 Å². The number of rotatable bonds is 11. The number of carbonyl (C=O) groups excluding carboxylic acids is 2. The van der Waals surface area contributed by atoms with Crippen molar-refractivity contribution >= 4 is 23.4 Å². The second-order valence-electron chi connectivity index (χ2n) is 7.80. The highest BCUT2D eigenvalue weighted by molar-refractivity contribution is 6.30. The van der Waals surface area contributed by atoms with Crippen LogP contribution in [0.15, 0.2) is 42.5 Å². The Balaban J connectivity index is 2.17. The molecule has 1 atom stereocenters. The van der Waals surface area contributed by atoms with Crippen LogP contribution < -0.4 is 19.5 Å². The van der Waals surface area contributed by atoms with E-state index in [2.05, 4.69) is 5.32 Å². The van der Waals surface area contributed by atoms with Gasteiger partial charge in [-0.05, 0) is 30.5 Å². The summed E-state index contributed by atoms with van der Waals surface area (Å²) in [6.45, 7) is 6.27. The number of benzene rings is 2. The van der Waals surface area contributed by atoms with Crippen molar-refractivity contribution < 1.29 is 23.8 Å². The van der Waals surface area contributed by atoms with Gasteiger partial charge in [0.05, 0.1) is 14.2 Å². The summed E-state index contributed by atoms with van der Waals surface area (Å²) in [5.74, 6) is 1.28. The number of methoxy groups -OCH3 is 2. The topological polar surface area (TPSA) is 77.1 Å². The summed E-state index contributed by atoms with van der Waals surface area (Å²) in [4.78, 5) is 27.3. The number of hydrogen-bond acceptors (Lipinski definition) is 5. The van der Waals surface area contributed by atoms with Crippen LogP contribution in [0.2, 0.25) is 5.02 Å². The molecule has 2 amide bonds. The molecule has 2 aromatic rings. The molecule has 0 bridgehead atoms. The van der Waals surface area contributed by atoms with Gasteiger partial charge in [0.2, 0.25) is 5.91 Å². The SMILES string of the molecule is COc1cc(OC)cc(OCC(=O)N(Cc2ccc(Cl)cc2)[C@H](C)C(=O)NCC(C)C)c1. The van der Waals surface area contributed by atoms with Gasteiger partial charge in [-0.1, -0.05) is 37.6 Å². The quantitative estimate of drug-likeness (QED) is 0.547. The van der Waals surface area contributed by atoms with Crippen LogP contribution in [-0.2, 0) is 16.1 Å². The normalized spacial score (nSPS) is 11.6. The van der Waals surface area contributed by atoms with Gasteiger partial charge in [0.1, 0.15) is 23.3 Å². The number of carbonyl (C=O) groups is 2. The van der Waals surface area contributed by atoms with E-state index in [9.17, 15) is 9.59 Å². The van der Waals surface area contributed by atoms with Crippen molar-refractivity contribution in [2.45, 2.75) is 33.4 Å². The van der Waals surface area contributed by atoms with Gasteiger partial charge in [-0.3, -0.25) is 9.59 Å². The summed E-state index contributed by atoms with van der Waals surface area (Å²) in [7, 11) is 3.07. The van der Waals surface area contributed by atoms with Gasteiger partial charge in [-0.25, -0.2) is 0 Å². The van der Waals surface area contributed by atoms with Crippen LogP contribution in [0, 0.1) is 5.92 Å². The van der Waals surface area contributed by atoms with E-state index in [1.54, 1.807) is 37.3 Å². The van der Waals surface area contributed by atoms with Crippen LogP contribution in [0.3, 0.4) is 0 Å². The van der Waals surface area contributed by atoms with Crippen LogP contribution in [0.1, 0.15) is 26.3 Å². The Morgan fingerprint density at radius 3 is 2.06 bits per heavy atom. The molecule has 0 aliphatic carbocycles. The minimum Gasteiger partial charge on any atom is -0.496 e. The molecule has 0 unspecified atom stereocenters. The van der Waals surface area contributed by atoms with Gasteiger partial charge in [-0.15, -0.1) is 0 Å². The minimum absolute atomic E-state index is 0.218. The molecule has 2 rings (SSSR count). The Morgan fingerprint density at radius 1 is 0.969 bits per heavy atom. The highest BCUT2D eigenvalue weighted by atomic mass is 35.5. The van der Waals surface area contributed by atoms with Crippen molar-refractivity contribution in [1.82, 2.24) is 10.2 Å². The van der Waals surface area contributed by atoms with E-state index in [0.29, 0.717) is 34.7 Å². The lowest BCUT2D eigenvalue weighted by Gasteiger charge is -2.29. The third kappa shape index (κ3) is 7.64. The van der Waals surface area contributed by atoms with Crippen LogP contribution in [-0.4, -0.2) is 50.1 Å². The van der Waals surface area contributed by atoms with Gasteiger partial charge in [0.25, 0.3) is 5.91 Å². The molecular weight excluding hydrogens is 432 g/mol. The number of halogens is 1. The average molecular weight is 463 g/mol. The molecule has 7 nitrogen and oxygen atoms in total. The van der Waals surface area contributed by atoms with E-state index >= 15 is 0 Å². The van der Waals surface area contributed by atoms with Gasteiger partial charge in [0, 0.05) is 36.3 Å². The third-order valence-electron chi connectivity index (χ3n) is 4.81. The van der Waals surface area contributed by atoms with E-state index in [1.165, 1.54) is 19.1 Å². The zero-order valence-corrected chi connectivity index (χ0v) is 19.9. The maximum absolute atomic E-state index is 13.1. The molecular formula is C24H31ClN2O5. The largest absolute Gasteiger partial charge is 0.496 e. The molecule has 174 valence electrons. The minimum atomic E-state index is -0.680. The molecule has 0 aliphatic heterocycles. The summed E-state index contributed by atoms with van der Waals surface area (Å²) in [5, 5.41) is 3.49. The molecule has 0 saturated carbocycles. The van der Waals surface area contributed by atoms with Gasteiger partial charge in [0.15, 0.2) is 6.61 Å². The van der Waals surface area contributed by atoms with Crippen molar-refractivity contribution in [3.8, 4) is 17.2 Å². The Morgan fingerprint density at radius 2 is 1.53 bits per heavy atom. The number of amides is 2. The molecule has 0 aromatic heterocycles. The fourth-order valence-electron chi connectivity index (χ4n) is 2.91. The predicted octanol–water partition coefficient (Wildman–Crippen LogP) is 3.93. The summed E-state index contributed by atoms with van der Waals surface area (Å²) in [5.41, 5.74) is 0.856. The van der Waals surface area contributed by atoms with Gasteiger partial charge in [-0.2, -0.15) is 0 Å². The van der Waals surface area contributed by atoms with Crippen molar-refractivity contribution in [3.05, 3.63) is 53.1 Å². The molecule has 32 heavy (non-hydrogen) atoms. The molecule has 0 fully saturated rings. The fraction of sp³-hybridized carbons (Fsp3) is 0.417. The molecule has 2 aromatic carbocycles. The van der Waals surface area contributed by atoms with E-state index in [-0.39, 0.29) is 25.0 Å². The highest BCUT2D eigenvalue weighted by Crippen LogP contribution is 2.27. The Bertz CT molecular complexity index is 880. The van der Waals surface area contributed by atoms with Crippen molar-refractivity contribution in [1.29, 1.82) is 0 Å². The van der Waals surface area contributed by atoms with E-state index < -0.39 is 6.04 Å². The molecule has 0 aliphatic rings. The first-order valence-corrected chi connectivity index (χ1v) is 10.8. The van der Waals surface area contributed by atoms with E-state index in [1.807, 2.05) is 26.0 Å². The van der Waals surface area contributed by atoms with Crippen molar-refractivity contribution in [2.75, 3.05) is 27.4 Å². The van der Waals surface area contributed by atoms with Crippen LogP contribution in [0.4, 0.5) is 0 Å². The number of hydrogen-bond donors (Lipinski definition) is 1. The smallest absolute Gasteiger partial charge is 0.261 e. The van der Waals surface area contributed by atoms with Gasteiger partial charge >= 0.3 is 0 Å². The van der Waals surface area contributed by atoms with E-state index in [0.717, 1.165) is 5.56 Å². The molecule has 0 saturated heterocycles. The molecule has 0 radical (unpaired) electrons. The number of nitrogens with zero attached hydrogens (tertiary/aromatic N) is 1. The zero-order chi connectivity index (χ0) is 23.7. The summed E-state index contributed by atoms with van der Waals surface area (Å²) >= 11 is 5.98. The average Bonchev–Trinajstić information content (AvgIpc) is 2.79. The summed E-state index contributed by atoms with van der Waals surface area (Å²) in [6, 6.07) is 11.5. The van der Waals surface area contributed by atoms with Gasteiger partial charge < -0.3 is 24.4 Å².